The molecule has 0 saturated heterocycles. The van der Waals surface area contributed by atoms with E-state index in [2.05, 4.69) is 9.82 Å². The monoisotopic (exact) mass is 443 g/mol. The molecule has 0 aliphatic heterocycles. The van der Waals surface area contributed by atoms with Gasteiger partial charge in [0.25, 0.3) is 5.56 Å². The van der Waals surface area contributed by atoms with Gasteiger partial charge in [0, 0.05) is 35.2 Å². The van der Waals surface area contributed by atoms with Crippen molar-refractivity contribution in [2.75, 3.05) is 6.54 Å². The summed E-state index contributed by atoms with van der Waals surface area (Å²) in [6.45, 7) is 2.46. The first-order valence-electron chi connectivity index (χ1n) is 9.41. The van der Waals surface area contributed by atoms with Crippen molar-refractivity contribution < 1.29 is 8.42 Å². The summed E-state index contributed by atoms with van der Waals surface area (Å²) in [5, 5.41) is 6.12. The average molecular weight is 444 g/mol. The fraction of sp³-hybridized carbons (Fsp3) is 0.182. The Bertz CT molecular complexity index is 1190. The Morgan fingerprint density at radius 2 is 1.73 bits per heavy atom. The number of nitrogens with zero attached hydrogens (tertiary/aromatic N) is 2. The molecule has 1 heterocycles. The van der Waals surface area contributed by atoms with Crippen LogP contribution in [0.2, 0.25) is 5.02 Å². The molecule has 0 unspecified atom stereocenters. The molecule has 0 aliphatic carbocycles. The second kappa shape index (κ2) is 9.84. The molecule has 0 fully saturated rings. The normalized spacial score (nSPS) is 11.8. The topological polar surface area (TPSA) is 81.1 Å². The molecule has 1 aromatic heterocycles. The van der Waals surface area contributed by atoms with Crippen LogP contribution in [0.1, 0.15) is 17.5 Å². The van der Waals surface area contributed by atoms with Crippen LogP contribution in [0.5, 0.6) is 0 Å². The largest absolute Gasteiger partial charge is 0.268 e. The lowest BCUT2D eigenvalue weighted by Gasteiger charge is -2.08. The maximum atomic E-state index is 12.1. The molecule has 0 spiro atoms. The second-order valence-corrected chi connectivity index (χ2v) is 8.88. The molecular weight excluding hydrogens is 422 g/mol. The molecule has 0 bridgehead atoms. The van der Waals surface area contributed by atoms with Gasteiger partial charge in [-0.2, -0.15) is 5.10 Å². The minimum atomic E-state index is -3.56. The molecule has 0 amide bonds. The van der Waals surface area contributed by atoms with E-state index >= 15 is 0 Å². The van der Waals surface area contributed by atoms with Crippen LogP contribution in [0.15, 0.2) is 70.9 Å². The van der Waals surface area contributed by atoms with E-state index in [0.717, 1.165) is 22.1 Å². The maximum absolute atomic E-state index is 12.1. The molecule has 156 valence electrons. The van der Waals surface area contributed by atoms with Gasteiger partial charge in [-0.3, -0.25) is 4.79 Å². The van der Waals surface area contributed by atoms with E-state index in [4.69, 9.17) is 11.6 Å². The molecule has 8 heteroatoms. The lowest BCUT2D eigenvalue weighted by Crippen LogP contribution is -2.27. The molecule has 0 saturated carbocycles. The van der Waals surface area contributed by atoms with E-state index in [-0.39, 0.29) is 12.1 Å². The van der Waals surface area contributed by atoms with Crippen LogP contribution >= 0.6 is 11.6 Å². The van der Waals surface area contributed by atoms with E-state index in [1.54, 1.807) is 24.3 Å². The molecule has 0 aliphatic rings. The zero-order valence-electron chi connectivity index (χ0n) is 16.5. The summed E-state index contributed by atoms with van der Waals surface area (Å²) in [5.41, 5.74) is 3.16. The number of aryl methyl sites for hydroxylation is 2. The van der Waals surface area contributed by atoms with E-state index in [0.29, 0.717) is 23.7 Å². The number of halogens is 1. The summed E-state index contributed by atoms with van der Waals surface area (Å²) >= 11 is 5.90. The van der Waals surface area contributed by atoms with Crippen molar-refractivity contribution in [1.82, 2.24) is 14.5 Å². The molecule has 1 N–H and O–H groups in total. The highest BCUT2D eigenvalue weighted by Crippen LogP contribution is 2.18. The van der Waals surface area contributed by atoms with Gasteiger partial charge in [-0.25, -0.2) is 17.8 Å². The summed E-state index contributed by atoms with van der Waals surface area (Å²) in [7, 11) is -3.56. The molecule has 3 rings (SSSR count). The Balaban J connectivity index is 1.57. The summed E-state index contributed by atoms with van der Waals surface area (Å²) in [6.07, 6.45) is 1.97. The minimum absolute atomic E-state index is 0.194. The van der Waals surface area contributed by atoms with Gasteiger partial charge in [0.15, 0.2) is 0 Å². The lowest BCUT2D eigenvalue weighted by atomic mass is 10.1. The second-order valence-electron chi connectivity index (χ2n) is 6.79. The SMILES string of the molecule is Cc1ccc(/C=C/S(=O)(=O)NCCCn2nc(-c3ccc(Cl)cc3)ccc2=O)cc1. The van der Waals surface area contributed by atoms with Crippen LogP contribution < -0.4 is 10.3 Å². The van der Waals surface area contributed by atoms with Crippen molar-refractivity contribution in [3.05, 3.63) is 92.6 Å². The van der Waals surface area contributed by atoms with E-state index < -0.39 is 10.0 Å². The predicted octanol–water partition coefficient (Wildman–Crippen LogP) is 3.85. The van der Waals surface area contributed by atoms with Gasteiger partial charge in [0.05, 0.1) is 5.69 Å². The number of nitrogens with one attached hydrogen (secondary N) is 1. The van der Waals surface area contributed by atoms with Crippen molar-refractivity contribution in [2.24, 2.45) is 0 Å². The van der Waals surface area contributed by atoms with Gasteiger partial charge in [-0.05, 0) is 43.2 Å². The van der Waals surface area contributed by atoms with Gasteiger partial charge in [-0.1, -0.05) is 53.6 Å². The quantitative estimate of drug-likeness (QED) is 0.536. The molecule has 3 aromatic rings. The van der Waals surface area contributed by atoms with Crippen LogP contribution in [0.3, 0.4) is 0 Å². The number of benzene rings is 2. The summed E-state index contributed by atoms with van der Waals surface area (Å²) in [4.78, 5) is 12.1. The first kappa shape index (κ1) is 22.0. The lowest BCUT2D eigenvalue weighted by molar-refractivity contribution is 0.539. The smallest absolute Gasteiger partial charge is 0.266 e. The Morgan fingerprint density at radius 3 is 2.43 bits per heavy atom. The van der Waals surface area contributed by atoms with Crippen molar-refractivity contribution in [3.63, 3.8) is 0 Å². The highest BCUT2D eigenvalue weighted by Gasteiger charge is 2.06. The van der Waals surface area contributed by atoms with Gasteiger partial charge in [0.2, 0.25) is 10.0 Å². The Labute approximate surface area is 180 Å². The summed E-state index contributed by atoms with van der Waals surface area (Å²) in [5.74, 6) is 0. The molecule has 2 aromatic carbocycles. The maximum Gasteiger partial charge on any atom is 0.266 e. The molecule has 6 nitrogen and oxygen atoms in total. The van der Waals surface area contributed by atoms with Gasteiger partial charge >= 0.3 is 0 Å². The van der Waals surface area contributed by atoms with Gasteiger partial charge in [0.1, 0.15) is 0 Å². The zero-order valence-corrected chi connectivity index (χ0v) is 18.0. The fourth-order valence-corrected chi connectivity index (χ4v) is 3.71. The Hall–Kier alpha value is -2.74. The number of sulfonamides is 1. The van der Waals surface area contributed by atoms with E-state index in [1.165, 1.54) is 10.7 Å². The predicted molar refractivity (Wildman–Crippen MR) is 121 cm³/mol. The molecule has 0 atom stereocenters. The third kappa shape index (κ3) is 6.38. The number of hydrogen-bond acceptors (Lipinski definition) is 4. The molecule has 0 radical (unpaired) electrons. The van der Waals surface area contributed by atoms with Crippen LogP contribution in [-0.2, 0) is 16.6 Å². The highest BCUT2D eigenvalue weighted by molar-refractivity contribution is 7.92. The highest BCUT2D eigenvalue weighted by atomic mass is 35.5. The van der Waals surface area contributed by atoms with E-state index in [1.807, 2.05) is 43.3 Å². The molecule has 30 heavy (non-hydrogen) atoms. The van der Waals surface area contributed by atoms with Crippen LogP contribution in [0.25, 0.3) is 17.3 Å². The van der Waals surface area contributed by atoms with E-state index in [9.17, 15) is 13.2 Å². The van der Waals surface area contributed by atoms with Crippen LogP contribution in [-0.4, -0.2) is 24.7 Å². The van der Waals surface area contributed by atoms with Crippen molar-refractivity contribution in [3.8, 4) is 11.3 Å². The fourth-order valence-electron chi connectivity index (χ4n) is 2.72. The summed E-state index contributed by atoms with van der Waals surface area (Å²) < 4.78 is 28.1. The minimum Gasteiger partial charge on any atom is -0.268 e. The van der Waals surface area contributed by atoms with Crippen molar-refractivity contribution >= 4 is 27.7 Å². The number of hydrogen-bond donors (Lipinski definition) is 1. The van der Waals surface area contributed by atoms with Crippen LogP contribution in [0.4, 0.5) is 0 Å². The first-order chi connectivity index (χ1) is 14.3. The standard InChI is InChI=1S/C22H22ClN3O3S/c1-17-3-5-18(6-4-17)13-16-30(28,29)24-14-2-15-26-22(27)12-11-21(25-26)19-7-9-20(23)10-8-19/h3-13,16,24H,2,14-15H2,1H3/b16-13+. The summed E-state index contributed by atoms with van der Waals surface area (Å²) in [6, 6.07) is 17.8. The third-order valence-corrected chi connectivity index (χ3v) is 5.73. The van der Waals surface area contributed by atoms with Gasteiger partial charge < -0.3 is 0 Å². The first-order valence-corrected chi connectivity index (χ1v) is 11.3. The Kier molecular flexibility index (Phi) is 7.20. The van der Waals surface area contributed by atoms with Crippen molar-refractivity contribution in [2.45, 2.75) is 19.9 Å². The number of rotatable bonds is 8. The third-order valence-electron chi connectivity index (χ3n) is 4.37. The Morgan fingerprint density at radius 1 is 1.03 bits per heavy atom. The molecular formula is C22H22ClN3O3S. The number of aromatic nitrogens is 2. The van der Waals surface area contributed by atoms with Gasteiger partial charge in [-0.15, -0.1) is 0 Å². The van der Waals surface area contributed by atoms with Crippen LogP contribution in [0, 0.1) is 6.92 Å². The zero-order chi connectivity index (χ0) is 21.6. The van der Waals surface area contributed by atoms with Crippen molar-refractivity contribution in [1.29, 1.82) is 0 Å². The average Bonchev–Trinajstić information content (AvgIpc) is 2.73.